The Morgan fingerprint density at radius 3 is 1.62 bits per heavy atom. The number of methoxy groups -OCH3 is 2. The quantitative estimate of drug-likeness (QED) is 0.286. The smallest absolute Gasteiger partial charge is 0.118 e. The van der Waals surface area contributed by atoms with Gasteiger partial charge in [0.25, 0.3) is 0 Å². The first kappa shape index (κ1) is 23.0. The van der Waals surface area contributed by atoms with Crippen LogP contribution < -0.4 is 9.47 Å². The number of hydrogen-bond donors (Lipinski definition) is 0. The molecular weight excluding hydrogens is 416 g/mol. The minimum atomic E-state index is 0.762. The highest BCUT2D eigenvalue weighted by molar-refractivity contribution is 5.75. The summed E-state index contributed by atoms with van der Waals surface area (Å²) in [6.45, 7) is 0. The second-order valence-corrected chi connectivity index (χ2v) is 7.99. The average Bonchev–Trinajstić information content (AvgIpc) is 2.91. The molecule has 0 aliphatic carbocycles. The van der Waals surface area contributed by atoms with Crippen LogP contribution >= 0.6 is 0 Å². The van der Waals surface area contributed by atoms with E-state index in [1.165, 1.54) is 16.7 Å². The summed E-state index contributed by atoms with van der Waals surface area (Å²) in [6, 6.07) is 37.2. The number of ether oxygens (including phenoxy) is 2. The van der Waals surface area contributed by atoms with Crippen LogP contribution in [0.1, 0.15) is 22.3 Å². The lowest BCUT2D eigenvalue weighted by molar-refractivity contribution is 0.414. The highest BCUT2D eigenvalue weighted by atomic mass is 16.5. The Kier molecular flexibility index (Phi) is 7.82. The van der Waals surface area contributed by atoms with Crippen LogP contribution in [-0.4, -0.2) is 14.2 Å². The second kappa shape index (κ2) is 11.6. The van der Waals surface area contributed by atoms with E-state index < -0.39 is 0 Å². The lowest BCUT2D eigenvalue weighted by atomic mass is 9.90. The van der Waals surface area contributed by atoms with Crippen molar-refractivity contribution in [3.63, 3.8) is 0 Å². The molecule has 4 aromatic carbocycles. The summed E-state index contributed by atoms with van der Waals surface area (Å²) in [5, 5.41) is 0. The molecule has 0 saturated heterocycles. The first-order chi connectivity index (χ1) is 16.7. The molecule has 0 unspecified atom stereocenters. The van der Waals surface area contributed by atoms with Gasteiger partial charge in [0.1, 0.15) is 11.5 Å². The van der Waals surface area contributed by atoms with Gasteiger partial charge in [-0.25, -0.2) is 0 Å². The third-order valence-electron chi connectivity index (χ3n) is 5.70. The third kappa shape index (κ3) is 6.18. The summed E-state index contributed by atoms with van der Waals surface area (Å²) >= 11 is 0. The van der Waals surface area contributed by atoms with Crippen molar-refractivity contribution in [2.24, 2.45) is 0 Å². The van der Waals surface area contributed by atoms with Gasteiger partial charge < -0.3 is 9.47 Å². The van der Waals surface area contributed by atoms with E-state index >= 15 is 0 Å². The maximum atomic E-state index is 5.39. The zero-order valence-electron chi connectivity index (χ0n) is 19.6. The number of allylic oxidation sites excluding steroid dienone is 2. The van der Waals surface area contributed by atoms with Gasteiger partial charge in [0.2, 0.25) is 0 Å². The first-order valence-electron chi connectivity index (χ1n) is 11.4. The van der Waals surface area contributed by atoms with Crippen LogP contribution in [0.4, 0.5) is 0 Å². The van der Waals surface area contributed by atoms with E-state index in [0.717, 1.165) is 41.0 Å². The monoisotopic (exact) mass is 444 g/mol. The van der Waals surface area contributed by atoms with Crippen LogP contribution in [0.2, 0.25) is 0 Å². The molecule has 0 amide bonds. The molecule has 0 radical (unpaired) electrons. The Morgan fingerprint density at radius 2 is 1.09 bits per heavy atom. The summed E-state index contributed by atoms with van der Waals surface area (Å²) < 4.78 is 10.7. The largest absolute Gasteiger partial charge is 0.497 e. The Morgan fingerprint density at radius 1 is 0.588 bits per heavy atom. The summed E-state index contributed by atoms with van der Waals surface area (Å²) in [5.74, 6) is 8.59. The second-order valence-electron chi connectivity index (χ2n) is 7.99. The Bertz CT molecular complexity index is 1270. The van der Waals surface area contributed by atoms with Crippen molar-refractivity contribution in [1.82, 2.24) is 0 Å². The van der Waals surface area contributed by atoms with E-state index in [-0.39, 0.29) is 0 Å². The van der Waals surface area contributed by atoms with Gasteiger partial charge in [-0.2, -0.15) is 0 Å². The Balaban J connectivity index is 1.83. The van der Waals surface area contributed by atoms with Gasteiger partial charge in [0.05, 0.1) is 14.2 Å². The Labute approximate surface area is 202 Å². The number of benzene rings is 4. The SMILES string of the molecule is COc1ccc(C#C/C(Cc2ccccc2)=C(\Cc2ccccc2)c2ccc(OC)cc2)cc1. The lowest BCUT2D eigenvalue weighted by Crippen LogP contribution is -1.99. The zero-order chi connectivity index (χ0) is 23.6. The molecule has 0 fully saturated rings. The van der Waals surface area contributed by atoms with Crippen LogP contribution in [-0.2, 0) is 12.8 Å². The molecule has 0 bridgehead atoms. The van der Waals surface area contributed by atoms with E-state index in [0.29, 0.717) is 0 Å². The van der Waals surface area contributed by atoms with E-state index in [1.807, 2.05) is 42.5 Å². The topological polar surface area (TPSA) is 18.5 Å². The average molecular weight is 445 g/mol. The molecule has 4 aromatic rings. The van der Waals surface area contributed by atoms with E-state index in [1.54, 1.807) is 14.2 Å². The minimum Gasteiger partial charge on any atom is -0.497 e. The molecule has 0 N–H and O–H groups in total. The van der Waals surface area contributed by atoms with Gasteiger partial charge in [-0.15, -0.1) is 0 Å². The number of rotatable bonds is 7. The highest BCUT2D eigenvalue weighted by Gasteiger charge is 2.11. The summed E-state index contributed by atoms with van der Waals surface area (Å²) in [6.07, 6.45) is 1.56. The molecule has 0 aliphatic heterocycles. The predicted molar refractivity (Wildman–Crippen MR) is 140 cm³/mol. The van der Waals surface area contributed by atoms with Gasteiger partial charge in [0, 0.05) is 17.6 Å². The molecule has 0 spiro atoms. The van der Waals surface area contributed by atoms with Crippen molar-refractivity contribution in [1.29, 1.82) is 0 Å². The molecule has 0 aromatic heterocycles. The van der Waals surface area contributed by atoms with Crippen molar-refractivity contribution in [3.8, 4) is 23.3 Å². The molecule has 0 heterocycles. The van der Waals surface area contributed by atoms with Crippen molar-refractivity contribution >= 4 is 5.57 Å². The molecule has 34 heavy (non-hydrogen) atoms. The molecule has 168 valence electrons. The standard InChI is InChI=1S/C32H28O2/c1-33-30-19-14-25(15-20-30)13-16-29(23-26-9-5-3-6-10-26)32(24-27-11-7-4-8-12-27)28-17-21-31(34-2)22-18-28/h3-12,14-15,17-22H,23-24H2,1-2H3/b32-29-. The fraction of sp³-hybridized carbons (Fsp3) is 0.125. The molecular formula is C32H28O2. The van der Waals surface area contributed by atoms with Gasteiger partial charge in [-0.05, 0) is 65.1 Å². The van der Waals surface area contributed by atoms with E-state index in [2.05, 4.69) is 78.6 Å². The van der Waals surface area contributed by atoms with Crippen LogP contribution in [0.25, 0.3) is 5.57 Å². The van der Waals surface area contributed by atoms with Gasteiger partial charge in [0.15, 0.2) is 0 Å². The van der Waals surface area contributed by atoms with Gasteiger partial charge in [-0.3, -0.25) is 0 Å². The van der Waals surface area contributed by atoms with Crippen molar-refractivity contribution < 1.29 is 9.47 Å². The molecule has 4 rings (SSSR count). The number of hydrogen-bond acceptors (Lipinski definition) is 2. The van der Waals surface area contributed by atoms with Crippen LogP contribution in [0.15, 0.2) is 115 Å². The van der Waals surface area contributed by atoms with Gasteiger partial charge >= 0.3 is 0 Å². The van der Waals surface area contributed by atoms with Crippen LogP contribution in [0.5, 0.6) is 11.5 Å². The molecule has 0 atom stereocenters. The normalized spacial score (nSPS) is 11.1. The van der Waals surface area contributed by atoms with Crippen LogP contribution in [0.3, 0.4) is 0 Å². The first-order valence-corrected chi connectivity index (χ1v) is 11.4. The molecule has 0 aliphatic rings. The molecule has 2 nitrogen and oxygen atoms in total. The zero-order valence-corrected chi connectivity index (χ0v) is 19.6. The van der Waals surface area contributed by atoms with Crippen molar-refractivity contribution in [2.75, 3.05) is 14.2 Å². The van der Waals surface area contributed by atoms with Gasteiger partial charge in [-0.1, -0.05) is 84.6 Å². The minimum absolute atomic E-state index is 0.762. The fourth-order valence-electron chi connectivity index (χ4n) is 3.82. The molecule has 0 saturated carbocycles. The fourth-order valence-corrected chi connectivity index (χ4v) is 3.82. The maximum absolute atomic E-state index is 5.39. The predicted octanol–water partition coefficient (Wildman–Crippen LogP) is 6.99. The molecule has 2 heteroatoms. The summed E-state index contributed by atoms with van der Waals surface area (Å²) in [5.41, 5.74) is 6.93. The third-order valence-corrected chi connectivity index (χ3v) is 5.70. The maximum Gasteiger partial charge on any atom is 0.118 e. The van der Waals surface area contributed by atoms with E-state index in [4.69, 9.17) is 9.47 Å². The van der Waals surface area contributed by atoms with Crippen molar-refractivity contribution in [2.45, 2.75) is 12.8 Å². The lowest BCUT2D eigenvalue weighted by Gasteiger charge is -2.14. The van der Waals surface area contributed by atoms with Crippen molar-refractivity contribution in [3.05, 3.63) is 137 Å². The van der Waals surface area contributed by atoms with Crippen LogP contribution in [0, 0.1) is 11.8 Å². The highest BCUT2D eigenvalue weighted by Crippen LogP contribution is 2.27. The summed E-state index contributed by atoms with van der Waals surface area (Å²) in [7, 11) is 3.36. The Hall–Kier alpha value is -4.22. The van der Waals surface area contributed by atoms with E-state index in [9.17, 15) is 0 Å². The summed E-state index contributed by atoms with van der Waals surface area (Å²) in [4.78, 5) is 0.